The summed E-state index contributed by atoms with van der Waals surface area (Å²) < 4.78 is 13.0. The predicted molar refractivity (Wildman–Crippen MR) is 207 cm³/mol. The zero-order chi connectivity index (χ0) is 38.6. The fourth-order valence-corrected chi connectivity index (χ4v) is 11.1. The van der Waals surface area contributed by atoms with E-state index in [1.165, 1.54) is 6.08 Å². The molecule has 5 amide bonds. The lowest BCUT2D eigenvalue weighted by Crippen LogP contribution is -2.64. The van der Waals surface area contributed by atoms with E-state index in [0.29, 0.717) is 12.3 Å². The number of urea groups is 1. The van der Waals surface area contributed by atoms with E-state index in [1.807, 2.05) is 20.8 Å². The van der Waals surface area contributed by atoms with Crippen LogP contribution in [0, 0.1) is 35.0 Å². The van der Waals surface area contributed by atoms with Crippen LogP contribution in [0.2, 0.25) is 0 Å². The molecule has 1 heterocycles. The van der Waals surface area contributed by atoms with E-state index in [-0.39, 0.29) is 42.5 Å². The molecule has 294 valence electrons. The Labute approximate surface area is 319 Å². The van der Waals surface area contributed by atoms with E-state index in [4.69, 9.17) is 6.42 Å². The summed E-state index contributed by atoms with van der Waals surface area (Å²) in [5.41, 5.74) is -1.05. The fraction of sp³-hybridized carbons (Fsp3) is 0.780. The lowest BCUT2D eigenvalue weighted by atomic mass is 9.70. The minimum atomic E-state index is -1.18. The number of carbonyl (C=O) groups excluding carboxylic acids is 5. The standard InChI is InChI=1S/C41H63N5O6S/c1-7-9-16-30(32(47)35(49)42-25-8-2)43-34(48)31-28-17-22-40(23-24-40)29(28)26-46(31)36(50)33(39(6)18-12-10-13-19-39)44-37(51)45-41(20-14-11-15-21-41)27-53(52)38(3,4)5/h1,8,28-31,33H,2,9-27H2,3-6H3,(H,42,49)(H,43,48)(H2,44,45,51)/t28-,29-,30?,31-,33+,53?/m0/s1. The van der Waals surface area contributed by atoms with Gasteiger partial charge >= 0.3 is 6.03 Å². The summed E-state index contributed by atoms with van der Waals surface area (Å²) in [5.74, 6) is 0.554. The molecule has 12 heteroatoms. The molecule has 0 radical (unpaired) electrons. The van der Waals surface area contributed by atoms with Gasteiger partial charge in [-0.1, -0.05) is 51.5 Å². The fourth-order valence-electron chi connectivity index (χ4n) is 9.82. The van der Waals surface area contributed by atoms with Crippen molar-refractivity contribution in [1.82, 2.24) is 26.2 Å². The van der Waals surface area contributed by atoms with E-state index in [1.54, 1.807) is 4.90 Å². The molecule has 0 aromatic heterocycles. The van der Waals surface area contributed by atoms with Crippen LogP contribution in [0.1, 0.15) is 130 Å². The number of ketones is 1. The molecule has 11 nitrogen and oxygen atoms in total. The maximum Gasteiger partial charge on any atom is 0.315 e. The van der Waals surface area contributed by atoms with E-state index in [0.717, 1.165) is 89.9 Å². The van der Waals surface area contributed by atoms with Crippen LogP contribution < -0.4 is 21.3 Å². The van der Waals surface area contributed by atoms with Gasteiger partial charge in [0.05, 0.1) is 11.6 Å². The zero-order valence-corrected chi connectivity index (χ0v) is 33.3. The molecule has 53 heavy (non-hydrogen) atoms. The molecule has 1 saturated heterocycles. The van der Waals surface area contributed by atoms with Crippen molar-refractivity contribution in [2.45, 2.75) is 159 Å². The average Bonchev–Trinajstić information content (AvgIpc) is 3.69. The van der Waals surface area contributed by atoms with Crippen LogP contribution in [0.3, 0.4) is 0 Å². The summed E-state index contributed by atoms with van der Waals surface area (Å²) in [6, 6.07) is -3.31. The highest BCUT2D eigenvalue weighted by atomic mass is 32.2. The van der Waals surface area contributed by atoms with Crippen LogP contribution in [0.5, 0.6) is 0 Å². The van der Waals surface area contributed by atoms with Gasteiger partial charge in [-0.3, -0.25) is 23.4 Å². The molecule has 2 unspecified atom stereocenters. The summed E-state index contributed by atoms with van der Waals surface area (Å²) in [6.07, 6.45) is 20.0. The molecule has 5 rings (SSSR count). The van der Waals surface area contributed by atoms with Gasteiger partial charge in [0.25, 0.3) is 5.91 Å². The number of nitrogens with one attached hydrogen (secondary N) is 4. The topological polar surface area (TPSA) is 154 Å². The molecule has 0 bridgehead atoms. The van der Waals surface area contributed by atoms with E-state index in [2.05, 4.69) is 40.7 Å². The van der Waals surface area contributed by atoms with Gasteiger partial charge in [-0.05, 0) is 101 Å². The Kier molecular flexibility index (Phi) is 12.9. The molecule has 1 aliphatic heterocycles. The molecule has 4 aliphatic carbocycles. The Morgan fingerprint density at radius 3 is 2.19 bits per heavy atom. The van der Waals surface area contributed by atoms with Gasteiger partial charge in [0.1, 0.15) is 12.1 Å². The lowest BCUT2D eigenvalue weighted by Gasteiger charge is -2.44. The van der Waals surface area contributed by atoms with Crippen molar-refractivity contribution in [3.8, 4) is 12.3 Å². The predicted octanol–water partition coefficient (Wildman–Crippen LogP) is 4.66. The highest BCUT2D eigenvalue weighted by Gasteiger charge is 2.64. The Hall–Kier alpha value is -3.20. The van der Waals surface area contributed by atoms with Crippen molar-refractivity contribution in [3.05, 3.63) is 12.7 Å². The van der Waals surface area contributed by atoms with Crippen LogP contribution in [0.15, 0.2) is 12.7 Å². The third kappa shape index (κ3) is 9.20. The Bertz CT molecular complexity index is 1480. The molecule has 6 atom stereocenters. The van der Waals surface area contributed by atoms with E-state index < -0.39 is 68.3 Å². The van der Waals surface area contributed by atoms with E-state index >= 15 is 4.79 Å². The molecule has 0 aromatic carbocycles. The van der Waals surface area contributed by atoms with Gasteiger partial charge in [-0.25, -0.2) is 4.79 Å². The normalized spacial score (nSPS) is 26.9. The quantitative estimate of drug-likeness (QED) is 0.115. The highest BCUT2D eigenvalue weighted by Crippen LogP contribution is 2.66. The molecular formula is C41H63N5O6S. The van der Waals surface area contributed by atoms with Crippen molar-refractivity contribution in [2.24, 2.45) is 22.7 Å². The van der Waals surface area contributed by atoms with Crippen molar-refractivity contribution >= 4 is 40.3 Å². The van der Waals surface area contributed by atoms with Gasteiger partial charge < -0.3 is 26.2 Å². The number of hydrogen-bond acceptors (Lipinski definition) is 6. The Morgan fingerprint density at radius 2 is 1.60 bits per heavy atom. The first kappa shape index (κ1) is 41.0. The summed E-state index contributed by atoms with van der Waals surface area (Å²) in [6.45, 7) is 12.0. The van der Waals surface area contributed by atoms with E-state index in [9.17, 15) is 23.4 Å². The monoisotopic (exact) mass is 753 g/mol. The molecular weight excluding hydrogens is 691 g/mol. The lowest BCUT2D eigenvalue weighted by molar-refractivity contribution is -0.145. The number of fused-ring (bicyclic) bond motifs is 2. The van der Waals surface area contributed by atoms with Crippen molar-refractivity contribution < 1.29 is 28.2 Å². The second-order valence-corrected chi connectivity index (χ2v) is 20.2. The number of hydrogen-bond donors (Lipinski definition) is 4. The van der Waals surface area contributed by atoms with Gasteiger partial charge in [0.15, 0.2) is 0 Å². The van der Waals surface area contributed by atoms with Crippen molar-refractivity contribution in [1.29, 1.82) is 0 Å². The van der Waals surface area contributed by atoms with Gasteiger partial charge in [-0.15, -0.1) is 18.9 Å². The number of likely N-dealkylation sites (tertiary alicyclic amines) is 1. The Balaban J connectivity index is 1.43. The van der Waals surface area contributed by atoms with Gasteiger partial charge in [-0.2, -0.15) is 0 Å². The van der Waals surface area contributed by atoms with Crippen LogP contribution >= 0.6 is 0 Å². The summed E-state index contributed by atoms with van der Waals surface area (Å²) in [5, 5.41) is 11.8. The number of nitrogens with zero attached hydrogens (tertiary/aromatic N) is 1. The number of Topliss-reactive ketones (excluding diaryl/α,β-unsaturated/α-hetero) is 1. The van der Waals surface area contributed by atoms with Crippen LogP contribution in [-0.4, -0.2) is 85.9 Å². The van der Waals surface area contributed by atoms with Crippen LogP contribution in [0.4, 0.5) is 4.79 Å². The number of terminal acetylenes is 1. The molecule has 4 saturated carbocycles. The van der Waals surface area contributed by atoms with Crippen molar-refractivity contribution in [3.63, 3.8) is 0 Å². The summed E-state index contributed by atoms with van der Waals surface area (Å²) in [7, 11) is -1.18. The molecule has 5 aliphatic rings. The summed E-state index contributed by atoms with van der Waals surface area (Å²) in [4.78, 5) is 71.4. The average molecular weight is 754 g/mol. The molecule has 1 spiro atoms. The molecule has 0 aromatic rings. The molecule has 4 N–H and O–H groups in total. The SMILES string of the molecule is C#CCCC(NC(=O)[C@@H]1[C@H]2CCC3(CC3)[C@H]2CN1C(=O)[C@@H](NC(=O)NC1(CS(=O)C(C)(C)C)CCCCC1)C1(C)CCCCC1)C(=O)C(=O)NCC=C. The first-order valence-corrected chi connectivity index (χ1v) is 21.3. The maximum absolute atomic E-state index is 15.2. The number of amides is 5. The van der Waals surface area contributed by atoms with Gasteiger partial charge in [0, 0.05) is 40.8 Å². The minimum absolute atomic E-state index is 0.0887. The van der Waals surface area contributed by atoms with Crippen LogP contribution in [0.25, 0.3) is 0 Å². The summed E-state index contributed by atoms with van der Waals surface area (Å²) >= 11 is 0. The Morgan fingerprint density at radius 1 is 0.962 bits per heavy atom. The smallest absolute Gasteiger partial charge is 0.315 e. The first-order chi connectivity index (χ1) is 25.1. The number of carbonyl (C=O) groups is 5. The second kappa shape index (κ2) is 16.7. The number of rotatable bonds is 14. The largest absolute Gasteiger partial charge is 0.346 e. The minimum Gasteiger partial charge on any atom is -0.346 e. The molecule has 5 fully saturated rings. The highest BCUT2D eigenvalue weighted by molar-refractivity contribution is 7.86. The van der Waals surface area contributed by atoms with Crippen molar-refractivity contribution in [2.75, 3.05) is 18.8 Å². The maximum atomic E-state index is 15.2. The third-order valence-corrected chi connectivity index (χ3v) is 15.4. The first-order valence-electron chi connectivity index (χ1n) is 20.0. The van der Waals surface area contributed by atoms with Crippen LogP contribution in [-0.2, 0) is 30.0 Å². The van der Waals surface area contributed by atoms with Gasteiger partial charge in [0.2, 0.25) is 17.6 Å². The zero-order valence-electron chi connectivity index (χ0n) is 32.5. The third-order valence-electron chi connectivity index (χ3n) is 13.2. The second-order valence-electron chi connectivity index (χ2n) is 18.0.